The number of hydrogen-bond donors (Lipinski definition) is 0. The number of azide groups is 1. The lowest BCUT2D eigenvalue weighted by Crippen LogP contribution is -2.48. The molecule has 3 heterocycles. The van der Waals surface area contributed by atoms with Crippen LogP contribution in [0.4, 0.5) is 20.6 Å². The standard InChI is InChI=1S/C19H20FN6O3S/c1-13-11-26(23-22-21,19(27)29-13)15-2-3-17(16(20)10-15)24-5-7-25(8-6-24)18(30)14-4-9-28-12-14/h2-4,9-10,12-13H,5-8,11H2,1H3/q+1/t13?,26-/m0/s1. The van der Waals surface area contributed by atoms with Crippen LogP contribution in [0.25, 0.3) is 10.4 Å². The summed E-state index contributed by atoms with van der Waals surface area (Å²) in [6.45, 7) is 4.28. The average Bonchev–Trinajstić information content (AvgIpc) is 3.36. The lowest BCUT2D eigenvalue weighted by atomic mass is 10.2. The van der Waals surface area contributed by atoms with Gasteiger partial charge in [0.15, 0.2) is 17.6 Å². The third-order valence-electron chi connectivity index (χ3n) is 5.35. The molecule has 2 aliphatic rings. The van der Waals surface area contributed by atoms with Gasteiger partial charge in [-0.1, -0.05) is 16.8 Å². The molecule has 9 nitrogen and oxygen atoms in total. The van der Waals surface area contributed by atoms with Crippen molar-refractivity contribution < 1.29 is 18.3 Å². The van der Waals surface area contributed by atoms with Crippen LogP contribution in [0.5, 0.6) is 0 Å². The van der Waals surface area contributed by atoms with Crippen LogP contribution in [0.1, 0.15) is 12.5 Å². The summed E-state index contributed by atoms with van der Waals surface area (Å²) < 4.78 is 24.5. The van der Waals surface area contributed by atoms with Gasteiger partial charge in [-0.3, -0.25) is 0 Å². The smallest absolute Gasteiger partial charge is 0.472 e. The molecule has 0 aliphatic carbocycles. The topological polar surface area (TPSA) is 94.7 Å². The van der Waals surface area contributed by atoms with Gasteiger partial charge in [0, 0.05) is 49.4 Å². The van der Waals surface area contributed by atoms with E-state index in [0.717, 1.165) is 5.56 Å². The van der Waals surface area contributed by atoms with Gasteiger partial charge < -0.3 is 19.0 Å². The third kappa shape index (κ3) is 3.47. The first-order valence-electron chi connectivity index (χ1n) is 9.47. The molecule has 0 N–H and O–H groups in total. The van der Waals surface area contributed by atoms with Crippen LogP contribution >= 0.6 is 12.2 Å². The molecule has 11 heteroatoms. The highest BCUT2D eigenvalue weighted by atomic mass is 32.1. The zero-order valence-corrected chi connectivity index (χ0v) is 17.1. The summed E-state index contributed by atoms with van der Waals surface area (Å²) in [5.41, 5.74) is 10.5. The molecule has 1 aromatic heterocycles. The predicted octanol–water partition coefficient (Wildman–Crippen LogP) is 3.99. The largest absolute Gasteiger partial charge is 0.537 e. The average molecular weight is 431 g/mol. The number of benzene rings is 1. The zero-order chi connectivity index (χ0) is 21.3. The van der Waals surface area contributed by atoms with Crippen molar-refractivity contribution in [3.05, 3.63) is 58.6 Å². The SMILES string of the molecule is CC1C[N@+](N=[N+]=[N-])(c2ccc(N3CCN(C(=S)c4ccoc4)CC3)c(F)c2)C(=O)O1. The van der Waals surface area contributed by atoms with Gasteiger partial charge in [0.25, 0.3) is 0 Å². The van der Waals surface area contributed by atoms with Crippen molar-refractivity contribution in [3.63, 3.8) is 0 Å². The van der Waals surface area contributed by atoms with E-state index in [-0.39, 0.29) is 12.2 Å². The quantitative estimate of drug-likeness (QED) is 0.239. The van der Waals surface area contributed by atoms with E-state index in [1.165, 1.54) is 6.07 Å². The number of anilines is 1. The van der Waals surface area contributed by atoms with Gasteiger partial charge in [0.1, 0.15) is 23.0 Å². The number of rotatable bonds is 4. The minimum atomic E-state index is -0.735. The summed E-state index contributed by atoms with van der Waals surface area (Å²) in [7, 11) is 0. The Morgan fingerprint density at radius 3 is 2.67 bits per heavy atom. The fourth-order valence-corrected chi connectivity index (χ4v) is 4.15. The molecular weight excluding hydrogens is 411 g/mol. The number of furan rings is 1. The highest BCUT2D eigenvalue weighted by Crippen LogP contribution is 2.35. The molecule has 1 aromatic carbocycles. The summed E-state index contributed by atoms with van der Waals surface area (Å²) in [5, 5.41) is 3.63. The Bertz CT molecular complexity index is 1020. The van der Waals surface area contributed by atoms with E-state index in [0.29, 0.717) is 36.9 Å². The Kier molecular flexibility index (Phi) is 5.33. The molecule has 1 amide bonds. The molecule has 2 saturated heterocycles. The zero-order valence-electron chi connectivity index (χ0n) is 16.3. The number of carbonyl (C=O) groups is 1. The van der Waals surface area contributed by atoms with Crippen molar-refractivity contribution in [2.45, 2.75) is 13.0 Å². The lowest BCUT2D eigenvalue weighted by molar-refractivity contribution is 0.138. The van der Waals surface area contributed by atoms with E-state index < -0.39 is 22.6 Å². The number of piperazine rings is 1. The van der Waals surface area contributed by atoms with Gasteiger partial charge in [-0.15, -0.1) is 0 Å². The van der Waals surface area contributed by atoms with Gasteiger partial charge in [-0.05, 0) is 19.1 Å². The Hall–Kier alpha value is -3.14. The van der Waals surface area contributed by atoms with Crippen molar-refractivity contribution in [2.24, 2.45) is 5.22 Å². The van der Waals surface area contributed by atoms with Crippen LogP contribution in [0.15, 0.2) is 46.4 Å². The number of halogens is 1. The Morgan fingerprint density at radius 1 is 1.33 bits per heavy atom. The fraction of sp³-hybridized carbons (Fsp3) is 0.368. The van der Waals surface area contributed by atoms with E-state index in [1.54, 1.807) is 31.6 Å². The van der Waals surface area contributed by atoms with Crippen molar-refractivity contribution in [1.29, 1.82) is 0 Å². The Morgan fingerprint density at radius 2 is 2.10 bits per heavy atom. The number of carbonyl (C=O) groups excluding carboxylic acids is 1. The fourth-order valence-electron chi connectivity index (χ4n) is 3.85. The first kappa shape index (κ1) is 20.1. The lowest BCUT2D eigenvalue weighted by Gasteiger charge is -2.37. The van der Waals surface area contributed by atoms with E-state index in [2.05, 4.69) is 15.0 Å². The van der Waals surface area contributed by atoms with Crippen LogP contribution in [0.3, 0.4) is 0 Å². The van der Waals surface area contributed by atoms with Crippen molar-refractivity contribution in [2.75, 3.05) is 37.6 Å². The van der Waals surface area contributed by atoms with Crippen LogP contribution in [-0.2, 0) is 4.74 Å². The molecule has 0 bridgehead atoms. The molecule has 2 aromatic rings. The van der Waals surface area contributed by atoms with Crippen molar-refractivity contribution in [3.8, 4) is 0 Å². The van der Waals surface area contributed by atoms with Crippen LogP contribution in [0, 0.1) is 5.82 Å². The molecule has 2 fully saturated rings. The van der Waals surface area contributed by atoms with Crippen molar-refractivity contribution in [1.82, 2.24) is 9.49 Å². The summed E-state index contributed by atoms with van der Waals surface area (Å²) in [6, 6.07) is 6.28. The summed E-state index contributed by atoms with van der Waals surface area (Å²) in [5.74, 6) is -0.489. The normalized spacial score (nSPS) is 23.8. The molecule has 30 heavy (non-hydrogen) atoms. The summed E-state index contributed by atoms with van der Waals surface area (Å²) in [6.07, 6.45) is 2.05. The van der Waals surface area contributed by atoms with Gasteiger partial charge in [-0.2, -0.15) is 4.79 Å². The molecule has 4 rings (SSSR count). The Balaban J connectivity index is 1.51. The number of amides is 1. The molecule has 0 spiro atoms. The monoisotopic (exact) mass is 431 g/mol. The van der Waals surface area contributed by atoms with E-state index in [9.17, 15) is 4.79 Å². The second-order valence-electron chi connectivity index (χ2n) is 7.25. The van der Waals surface area contributed by atoms with Gasteiger partial charge in [0.05, 0.1) is 16.9 Å². The number of hydrogen-bond acceptors (Lipinski definition) is 6. The minimum absolute atomic E-state index is 0.117. The van der Waals surface area contributed by atoms with E-state index in [1.807, 2.05) is 11.0 Å². The Labute approximate surface area is 177 Å². The predicted molar refractivity (Wildman–Crippen MR) is 112 cm³/mol. The molecule has 1 unspecified atom stereocenters. The number of nitrogens with zero attached hydrogens (tertiary/aromatic N) is 6. The summed E-state index contributed by atoms with van der Waals surface area (Å²) >= 11 is 5.50. The molecule has 0 saturated carbocycles. The molecule has 2 aliphatic heterocycles. The minimum Gasteiger partial charge on any atom is -0.472 e. The molecule has 2 atom stereocenters. The molecular formula is C19H20FN6O3S+. The maximum absolute atomic E-state index is 15.0. The number of quaternary nitrogens is 1. The second-order valence-corrected chi connectivity index (χ2v) is 7.64. The first-order chi connectivity index (χ1) is 14.4. The van der Waals surface area contributed by atoms with E-state index in [4.69, 9.17) is 26.9 Å². The first-order valence-corrected chi connectivity index (χ1v) is 9.88. The highest BCUT2D eigenvalue weighted by Gasteiger charge is 2.51. The maximum Gasteiger partial charge on any atom is 0.537 e. The highest BCUT2D eigenvalue weighted by molar-refractivity contribution is 7.80. The maximum atomic E-state index is 15.0. The van der Waals surface area contributed by atoms with Gasteiger partial charge >= 0.3 is 6.09 Å². The van der Waals surface area contributed by atoms with Crippen LogP contribution in [-0.4, -0.2) is 54.8 Å². The van der Waals surface area contributed by atoms with Crippen molar-refractivity contribution >= 4 is 34.7 Å². The number of cyclic esters (lactones) is 1. The number of ether oxygens (including phenoxy) is 1. The second kappa shape index (κ2) is 7.94. The van der Waals surface area contributed by atoms with Gasteiger partial charge in [0.2, 0.25) is 0 Å². The molecule has 156 valence electrons. The summed E-state index contributed by atoms with van der Waals surface area (Å²) in [4.78, 5) is 19.8. The van der Waals surface area contributed by atoms with Crippen LogP contribution in [0.2, 0.25) is 0 Å². The van der Waals surface area contributed by atoms with Gasteiger partial charge in [-0.25, -0.2) is 4.39 Å². The molecule has 0 radical (unpaired) electrons. The van der Waals surface area contributed by atoms with E-state index >= 15 is 4.39 Å². The number of thiocarbonyl (C=S) groups is 1. The van der Waals surface area contributed by atoms with Crippen LogP contribution < -0.4 is 9.49 Å². The third-order valence-corrected chi connectivity index (χ3v) is 5.85.